The Bertz CT molecular complexity index is 1640. The number of carbonyl (C=O) groups excluding carboxylic acids is 5. The molecule has 1 aromatic carbocycles. The Morgan fingerprint density at radius 3 is 2.06 bits per heavy atom. The van der Waals surface area contributed by atoms with E-state index in [1.807, 2.05) is 34.6 Å². The maximum atomic E-state index is 14.3. The Morgan fingerprint density at radius 1 is 0.981 bits per heavy atom. The molecule has 3 rings (SSSR count). The molecule has 17 heteroatoms. The number of primary amides is 1. The van der Waals surface area contributed by atoms with Gasteiger partial charge in [0.2, 0.25) is 40.1 Å². The maximum Gasteiger partial charge on any atom is 0.315 e. The van der Waals surface area contributed by atoms with Gasteiger partial charge in [-0.2, -0.15) is 0 Å². The molecule has 0 spiro atoms. The summed E-state index contributed by atoms with van der Waals surface area (Å²) in [6, 6.07) is 1.25. The first kappa shape index (κ1) is 43.5. The number of hydrogen-bond acceptors (Lipinski definition) is 7. The number of fused-ring (bicyclic) bond motifs is 1. The van der Waals surface area contributed by atoms with Crippen LogP contribution in [-0.2, 0) is 30.8 Å². The molecule has 14 nitrogen and oxygen atoms in total. The van der Waals surface area contributed by atoms with E-state index in [-0.39, 0.29) is 36.9 Å². The summed E-state index contributed by atoms with van der Waals surface area (Å²) in [6.45, 7) is 14.9. The fourth-order valence-corrected chi connectivity index (χ4v) is 7.26. The number of amides is 6. The van der Waals surface area contributed by atoms with E-state index in [1.165, 1.54) is 24.1 Å². The van der Waals surface area contributed by atoms with Crippen molar-refractivity contribution in [2.24, 2.45) is 33.8 Å². The number of carbonyl (C=O) groups is 5. The van der Waals surface area contributed by atoms with E-state index < -0.39 is 87.5 Å². The molecule has 1 aliphatic heterocycles. The van der Waals surface area contributed by atoms with Crippen LogP contribution >= 0.6 is 0 Å². The van der Waals surface area contributed by atoms with Gasteiger partial charge in [0, 0.05) is 44.7 Å². The molecule has 0 aromatic heterocycles. The lowest BCUT2D eigenvalue weighted by Crippen LogP contribution is -2.62. The van der Waals surface area contributed by atoms with Crippen LogP contribution in [-0.4, -0.2) is 111 Å². The van der Waals surface area contributed by atoms with Gasteiger partial charge in [-0.3, -0.25) is 19.2 Å². The molecular weight excluding hydrogens is 713 g/mol. The summed E-state index contributed by atoms with van der Waals surface area (Å²) < 4.78 is 52.8. The second kappa shape index (κ2) is 16.2. The van der Waals surface area contributed by atoms with Crippen molar-refractivity contribution in [2.45, 2.75) is 98.8 Å². The number of halogens is 2. The standard InChI is InChI=1S/C36H57F2N7O7S/c1-34(2,3)24(19-44(9)53(10,51)52)42-33(50)43-28(35(4,5)6)32(49)45-18-22-26(36(22,7)8)27(45)31(48)41-23(17-25(37)38)30(47)40-16-15-20-11-13-21(14-12-20)29(39)46/h11-14,22-28H,15-19H2,1-10H3,(H2,39,46)(H,40,47)(H,41,48)(H2,42,43,50)/t22-,23?,24+,26-,27-,28+/m0/s1. The number of hydrogen-bond donors (Lipinski definition) is 5. The monoisotopic (exact) mass is 769 g/mol. The summed E-state index contributed by atoms with van der Waals surface area (Å²) in [5.41, 5.74) is 4.59. The predicted octanol–water partition coefficient (Wildman–Crippen LogP) is 2.09. The van der Waals surface area contributed by atoms with Crippen molar-refractivity contribution in [2.75, 3.05) is 32.9 Å². The molecule has 1 saturated heterocycles. The van der Waals surface area contributed by atoms with Crippen molar-refractivity contribution in [1.29, 1.82) is 0 Å². The van der Waals surface area contributed by atoms with Gasteiger partial charge in [-0.1, -0.05) is 67.5 Å². The number of alkyl halides is 2. The summed E-state index contributed by atoms with van der Waals surface area (Å²) >= 11 is 0. The SMILES string of the molecule is CN(C[C@@H](NC(=O)N[C@H](C(=O)N1C[C@H]2[C@@H]([C@H]1C(=O)NC(CC(F)F)C(=O)NCCc1ccc(C(N)=O)cc1)C2(C)C)C(C)(C)C)C(C)(C)C)S(C)(=O)=O. The fourth-order valence-electron chi connectivity index (χ4n) is 6.84. The summed E-state index contributed by atoms with van der Waals surface area (Å²) in [6.07, 6.45) is -2.48. The molecule has 0 radical (unpaired) electrons. The minimum Gasteiger partial charge on any atom is -0.366 e. The lowest BCUT2D eigenvalue weighted by atomic mass is 9.85. The van der Waals surface area contributed by atoms with Gasteiger partial charge >= 0.3 is 6.03 Å². The van der Waals surface area contributed by atoms with E-state index >= 15 is 0 Å². The van der Waals surface area contributed by atoms with Gasteiger partial charge in [-0.25, -0.2) is 26.3 Å². The minimum absolute atomic E-state index is 0.0197. The number of benzene rings is 1. The highest BCUT2D eigenvalue weighted by Crippen LogP contribution is 2.65. The topological polar surface area (TPSA) is 200 Å². The molecule has 0 bridgehead atoms. The van der Waals surface area contributed by atoms with Crippen LogP contribution in [0.2, 0.25) is 0 Å². The lowest BCUT2D eigenvalue weighted by Gasteiger charge is -2.39. The number of nitrogens with two attached hydrogens (primary N) is 1. The normalized spacial score (nSPS) is 21.3. The first-order valence-electron chi connectivity index (χ1n) is 17.7. The summed E-state index contributed by atoms with van der Waals surface area (Å²) in [5, 5.41) is 10.7. The van der Waals surface area contributed by atoms with Crippen LogP contribution in [0.15, 0.2) is 24.3 Å². The number of likely N-dealkylation sites (tertiary alicyclic amines) is 1. The molecule has 2 aliphatic rings. The molecule has 6 amide bonds. The molecular formula is C36H57F2N7O7S. The number of nitrogens with one attached hydrogen (secondary N) is 4. The highest BCUT2D eigenvalue weighted by Gasteiger charge is 2.70. The number of urea groups is 1. The van der Waals surface area contributed by atoms with Crippen molar-refractivity contribution < 1.29 is 41.2 Å². The van der Waals surface area contributed by atoms with E-state index in [0.717, 1.165) is 16.1 Å². The van der Waals surface area contributed by atoms with E-state index in [4.69, 9.17) is 5.73 Å². The third-order valence-corrected chi connectivity index (χ3v) is 11.8. The van der Waals surface area contributed by atoms with Gasteiger partial charge in [0.05, 0.1) is 6.26 Å². The van der Waals surface area contributed by atoms with Gasteiger partial charge in [0.1, 0.15) is 18.1 Å². The van der Waals surface area contributed by atoms with Crippen molar-refractivity contribution in [1.82, 2.24) is 30.5 Å². The van der Waals surface area contributed by atoms with Crippen molar-refractivity contribution in [3.63, 3.8) is 0 Å². The number of nitrogens with zero attached hydrogens (tertiary/aromatic N) is 2. The van der Waals surface area contributed by atoms with Gasteiger partial charge in [-0.15, -0.1) is 0 Å². The van der Waals surface area contributed by atoms with Gasteiger partial charge in [-0.05, 0) is 52.2 Å². The third kappa shape index (κ3) is 11.1. The molecule has 53 heavy (non-hydrogen) atoms. The summed E-state index contributed by atoms with van der Waals surface area (Å²) in [5.74, 6) is -3.07. The quantitative estimate of drug-likeness (QED) is 0.180. The lowest BCUT2D eigenvalue weighted by molar-refractivity contribution is -0.144. The molecule has 298 valence electrons. The van der Waals surface area contributed by atoms with Crippen LogP contribution < -0.4 is 27.0 Å². The Kier molecular flexibility index (Phi) is 13.3. The Balaban J connectivity index is 1.78. The van der Waals surface area contributed by atoms with Crippen LogP contribution in [0.4, 0.5) is 13.6 Å². The zero-order chi connectivity index (χ0) is 40.4. The number of piperidine rings is 1. The molecule has 1 saturated carbocycles. The van der Waals surface area contributed by atoms with Gasteiger partial charge in [0.25, 0.3) is 0 Å². The zero-order valence-corrected chi connectivity index (χ0v) is 33.2. The van der Waals surface area contributed by atoms with Crippen molar-refractivity contribution in [3.8, 4) is 0 Å². The van der Waals surface area contributed by atoms with E-state index in [0.29, 0.717) is 12.0 Å². The Labute approximate surface area is 311 Å². The Morgan fingerprint density at radius 2 is 1.57 bits per heavy atom. The fraction of sp³-hybridized carbons (Fsp3) is 0.694. The molecule has 1 aliphatic carbocycles. The summed E-state index contributed by atoms with van der Waals surface area (Å²) in [4.78, 5) is 67.6. The predicted molar refractivity (Wildman–Crippen MR) is 196 cm³/mol. The molecule has 1 heterocycles. The van der Waals surface area contributed by atoms with Crippen molar-refractivity contribution in [3.05, 3.63) is 35.4 Å². The second-order valence-electron chi connectivity index (χ2n) is 17.1. The number of likely N-dealkylation sites (N-methyl/N-ethyl adjacent to an activating group) is 1. The highest BCUT2D eigenvalue weighted by molar-refractivity contribution is 7.88. The average Bonchev–Trinajstić information content (AvgIpc) is 3.32. The minimum atomic E-state index is -3.55. The second-order valence-corrected chi connectivity index (χ2v) is 19.1. The van der Waals surface area contributed by atoms with E-state index in [2.05, 4.69) is 21.3 Å². The van der Waals surface area contributed by atoms with Crippen LogP contribution in [0.3, 0.4) is 0 Å². The molecule has 1 aromatic rings. The highest BCUT2D eigenvalue weighted by atomic mass is 32.2. The van der Waals surface area contributed by atoms with E-state index in [9.17, 15) is 41.2 Å². The van der Waals surface area contributed by atoms with Gasteiger partial charge < -0.3 is 31.9 Å². The van der Waals surface area contributed by atoms with Crippen LogP contribution in [0.1, 0.15) is 77.7 Å². The number of sulfonamides is 1. The number of rotatable bonds is 15. The maximum absolute atomic E-state index is 14.3. The van der Waals surface area contributed by atoms with Crippen LogP contribution in [0.25, 0.3) is 0 Å². The molecule has 6 N–H and O–H groups in total. The molecule has 2 fully saturated rings. The molecule has 1 unspecified atom stereocenters. The zero-order valence-electron chi connectivity index (χ0n) is 32.4. The van der Waals surface area contributed by atoms with Crippen LogP contribution in [0, 0.1) is 28.1 Å². The molecule has 6 atom stereocenters. The smallest absolute Gasteiger partial charge is 0.315 e. The average molecular weight is 770 g/mol. The van der Waals surface area contributed by atoms with Crippen molar-refractivity contribution >= 4 is 39.7 Å². The summed E-state index contributed by atoms with van der Waals surface area (Å²) in [7, 11) is -2.14. The first-order chi connectivity index (χ1) is 24.2. The third-order valence-electron chi connectivity index (χ3n) is 10.5. The van der Waals surface area contributed by atoms with Crippen LogP contribution in [0.5, 0.6) is 0 Å². The first-order valence-corrected chi connectivity index (χ1v) is 19.5. The van der Waals surface area contributed by atoms with Gasteiger partial charge in [0.15, 0.2) is 0 Å². The van der Waals surface area contributed by atoms with E-state index in [1.54, 1.807) is 32.9 Å². The Hall–Kier alpha value is -3.86. The largest absolute Gasteiger partial charge is 0.366 e.